The normalized spacial score (nSPS) is 23.2. The fourth-order valence-electron chi connectivity index (χ4n) is 3.38. The van der Waals surface area contributed by atoms with E-state index in [1.54, 1.807) is 5.57 Å². The van der Waals surface area contributed by atoms with E-state index in [0.717, 1.165) is 38.9 Å². The lowest BCUT2D eigenvalue weighted by atomic mass is 9.97. The van der Waals surface area contributed by atoms with Gasteiger partial charge in [-0.1, -0.05) is 11.6 Å². The summed E-state index contributed by atoms with van der Waals surface area (Å²) in [6.07, 6.45) is 12.0. The van der Waals surface area contributed by atoms with E-state index in [-0.39, 0.29) is 6.09 Å². The molecular formula is C19H34N2O2. The summed E-state index contributed by atoms with van der Waals surface area (Å²) in [4.78, 5) is 14.0. The van der Waals surface area contributed by atoms with E-state index in [1.807, 2.05) is 25.7 Å². The Bertz CT molecular complexity index is 412. The molecule has 0 aromatic carbocycles. The summed E-state index contributed by atoms with van der Waals surface area (Å²) in [6.45, 7) is 8.46. The van der Waals surface area contributed by atoms with Crippen molar-refractivity contribution in [2.24, 2.45) is 0 Å². The number of hydrogen-bond acceptors (Lipinski definition) is 3. The highest BCUT2D eigenvalue weighted by Crippen LogP contribution is 2.20. The minimum atomic E-state index is -0.408. The second-order valence-electron chi connectivity index (χ2n) is 7.91. The van der Waals surface area contributed by atoms with Crippen LogP contribution in [0, 0.1) is 0 Å². The van der Waals surface area contributed by atoms with Crippen LogP contribution < -0.4 is 5.32 Å². The summed E-state index contributed by atoms with van der Waals surface area (Å²) < 4.78 is 5.49. The second kappa shape index (κ2) is 8.72. The standard InChI is InChI=1S/C19H34N2O2/c1-19(2,3)23-18(22)21-14-7-10-17(12-15-21)20-13-11-16-8-5-4-6-9-16/h8,17,20H,4-7,9-15H2,1-3H3. The highest BCUT2D eigenvalue weighted by Gasteiger charge is 2.24. The van der Waals surface area contributed by atoms with Crippen LogP contribution in [0.1, 0.15) is 72.1 Å². The molecule has 1 atom stereocenters. The molecule has 4 heteroatoms. The van der Waals surface area contributed by atoms with Gasteiger partial charge in [-0.25, -0.2) is 4.79 Å². The van der Waals surface area contributed by atoms with Crippen LogP contribution in [0.3, 0.4) is 0 Å². The maximum atomic E-state index is 12.2. The molecule has 0 saturated carbocycles. The van der Waals surface area contributed by atoms with Crippen molar-refractivity contribution >= 4 is 6.09 Å². The molecule has 1 unspecified atom stereocenters. The average Bonchev–Trinajstić information content (AvgIpc) is 2.72. The molecule has 2 aliphatic rings. The molecule has 23 heavy (non-hydrogen) atoms. The van der Waals surface area contributed by atoms with Crippen molar-refractivity contribution in [1.82, 2.24) is 10.2 Å². The van der Waals surface area contributed by atoms with Gasteiger partial charge in [0.1, 0.15) is 5.60 Å². The van der Waals surface area contributed by atoms with Gasteiger partial charge in [0.2, 0.25) is 0 Å². The number of nitrogens with zero attached hydrogens (tertiary/aromatic N) is 1. The van der Waals surface area contributed by atoms with Gasteiger partial charge in [0, 0.05) is 19.1 Å². The first-order valence-corrected chi connectivity index (χ1v) is 9.33. The Kier molecular flexibility index (Phi) is 6.94. The molecule has 4 nitrogen and oxygen atoms in total. The molecule has 1 aliphatic carbocycles. The summed E-state index contributed by atoms with van der Waals surface area (Å²) in [7, 11) is 0. The molecule has 1 fully saturated rings. The van der Waals surface area contributed by atoms with Gasteiger partial charge >= 0.3 is 6.09 Å². The van der Waals surface area contributed by atoms with Gasteiger partial charge in [-0.15, -0.1) is 0 Å². The SMILES string of the molecule is CC(C)(C)OC(=O)N1CCCC(NCCC2=CCCCC2)CC1. The first kappa shape index (κ1) is 18.3. The molecule has 132 valence electrons. The van der Waals surface area contributed by atoms with Gasteiger partial charge in [0.25, 0.3) is 0 Å². The number of likely N-dealkylation sites (tertiary alicyclic amines) is 1. The molecule has 0 aromatic rings. The van der Waals surface area contributed by atoms with E-state index >= 15 is 0 Å². The van der Waals surface area contributed by atoms with Crippen LogP contribution in [0.5, 0.6) is 0 Å². The van der Waals surface area contributed by atoms with E-state index < -0.39 is 5.60 Å². The summed E-state index contributed by atoms with van der Waals surface area (Å²) >= 11 is 0. The summed E-state index contributed by atoms with van der Waals surface area (Å²) in [5.41, 5.74) is 1.22. The number of rotatable bonds is 4. The van der Waals surface area contributed by atoms with Crippen molar-refractivity contribution in [2.75, 3.05) is 19.6 Å². The molecule has 0 aromatic heterocycles. The number of amides is 1. The van der Waals surface area contributed by atoms with E-state index in [4.69, 9.17) is 4.74 Å². The number of ether oxygens (including phenoxy) is 1. The van der Waals surface area contributed by atoms with Crippen molar-refractivity contribution in [1.29, 1.82) is 0 Å². The Balaban J connectivity index is 1.69. The number of carbonyl (C=O) groups excluding carboxylic acids is 1. The van der Waals surface area contributed by atoms with Gasteiger partial charge < -0.3 is 15.0 Å². The van der Waals surface area contributed by atoms with Gasteiger partial charge in [0.15, 0.2) is 0 Å². The van der Waals surface area contributed by atoms with Crippen LogP contribution in [-0.4, -0.2) is 42.3 Å². The Morgan fingerprint density at radius 2 is 2.09 bits per heavy atom. The lowest BCUT2D eigenvalue weighted by molar-refractivity contribution is 0.0256. The quantitative estimate of drug-likeness (QED) is 0.787. The highest BCUT2D eigenvalue weighted by atomic mass is 16.6. The third-order valence-corrected chi connectivity index (χ3v) is 4.64. The lowest BCUT2D eigenvalue weighted by Crippen LogP contribution is -2.38. The fraction of sp³-hybridized carbons (Fsp3) is 0.842. The van der Waals surface area contributed by atoms with E-state index in [9.17, 15) is 4.79 Å². The van der Waals surface area contributed by atoms with E-state index in [0.29, 0.717) is 6.04 Å². The first-order chi connectivity index (χ1) is 10.9. The Morgan fingerprint density at radius 1 is 1.26 bits per heavy atom. The van der Waals surface area contributed by atoms with Crippen LogP contribution in [0.25, 0.3) is 0 Å². The smallest absolute Gasteiger partial charge is 0.410 e. The van der Waals surface area contributed by atoms with Crippen molar-refractivity contribution < 1.29 is 9.53 Å². The van der Waals surface area contributed by atoms with Crippen LogP contribution in [0.15, 0.2) is 11.6 Å². The van der Waals surface area contributed by atoms with Gasteiger partial charge in [0.05, 0.1) is 0 Å². The molecule has 1 aliphatic heterocycles. The number of allylic oxidation sites excluding steroid dienone is 1. The Morgan fingerprint density at radius 3 is 2.78 bits per heavy atom. The molecule has 0 spiro atoms. The van der Waals surface area contributed by atoms with Crippen LogP contribution in [-0.2, 0) is 4.74 Å². The largest absolute Gasteiger partial charge is 0.444 e. The first-order valence-electron chi connectivity index (χ1n) is 9.33. The zero-order valence-corrected chi connectivity index (χ0v) is 15.2. The predicted molar refractivity (Wildman–Crippen MR) is 94.6 cm³/mol. The van der Waals surface area contributed by atoms with Crippen LogP contribution in [0.4, 0.5) is 4.79 Å². The van der Waals surface area contributed by atoms with Crippen molar-refractivity contribution in [3.8, 4) is 0 Å². The molecule has 1 amide bonds. The fourth-order valence-corrected chi connectivity index (χ4v) is 3.38. The number of hydrogen-bond donors (Lipinski definition) is 1. The number of carbonyl (C=O) groups is 1. The third kappa shape index (κ3) is 6.94. The van der Waals surface area contributed by atoms with Gasteiger partial charge in [-0.05, 0) is 78.7 Å². The Hall–Kier alpha value is -1.03. The lowest BCUT2D eigenvalue weighted by Gasteiger charge is -2.26. The minimum absolute atomic E-state index is 0.162. The molecular weight excluding hydrogens is 288 g/mol. The topological polar surface area (TPSA) is 41.6 Å². The maximum absolute atomic E-state index is 12.2. The zero-order chi connectivity index (χ0) is 16.7. The minimum Gasteiger partial charge on any atom is -0.444 e. The summed E-state index contributed by atoms with van der Waals surface area (Å²) in [5, 5.41) is 3.70. The maximum Gasteiger partial charge on any atom is 0.410 e. The van der Waals surface area contributed by atoms with Crippen molar-refractivity contribution in [3.05, 3.63) is 11.6 Å². The predicted octanol–water partition coefficient (Wildman–Crippen LogP) is 4.26. The summed E-state index contributed by atoms with van der Waals surface area (Å²) in [6, 6.07) is 0.534. The highest BCUT2D eigenvalue weighted by molar-refractivity contribution is 5.68. The van der Waals surface area contributed by atoms with Crippen LogP contribution in [0.2, 0.25) is 0 Å². The monoisotopic (exact) mass is 322 g/mol. The Labute approximate surface area is 141 Å². The third-order valence-electron chi connectivity index (χ3n) is 4.64. The molecule has 1 heterocycles. The van der Waals surface area contributed by atoms with E-state index in [2.05, 4.69) is 11.4 Å². The summed E-state index contributed by atoms with van der Waals surface area (Å²) in [5.74, 6) is 0. The molecule has 1 saturated heterocycles. The molecule has 2 rings (SSSR count). The van der Waals surface area contributed by atoms with Crippen molar-refractivity contribution in [2.45, 2.75) is 83.8 Å². The van der Waals surface area contributed by atoms with Crippen molar-refractivity contribution in [3.63, 3.8) is 0 Å². The second-order valence-corrected chi connectivity index (χ2v) is 7.91. The number of nitrogens with one attached hydrogen (secondary N) is 1. The average molecular weight is 322 g/mol. The van der Waals surface area contributed by atoms with E-state index in [1.165, 1.54) is 32.1 Å². The molecule has 1 N–H and O–H groups in total. The van der Waals surface area contributed by atoms with Gasteiger partial charge in [-0.3, -0.25) is 0 Å². The molecule has 0 radical (unpaired) electrons. The van der Waals surface area contributed by atoms with Gasteiger partial charge in [-0.2, -0.15) is 0 Å². The zero-order valence-electron chi connectivity index (χ0n) is 15.2. The molecule has 0 bridgehead atoms. The van der Waals surface area contributed by atoms with Crippen LogP contribution >= 0.6 is 0 Å².